The van der Waals surface area contributed by atoms with Crippen molar-refractivity contribution in [2.75, 3.05) is 11.9 Å². The Labute approximate surface area is 117 Å². The Morgan fingerprint density at radius 1 is 1.39 bits per heavy atom. The van der Waals surface area contributed by atoms with E-state index in [1.54, 1.807) is 11.3 Å². The van der Waals surface area contributed by atoms with Crippen molar-refractivity contribution in [1.82, 2.24) is 0 Å². The number of nitrogens with one attached hydrogen (secondary N) is 1. The standard InChI is InChI=1S/C14H16N2S2/c1-10-9-11(14(15)17)4-5-13(10)16-7-6-12-3-2-8-18-12/h2-5,8-9,16H,6-7H2,1H3,(H2,15,17). The third-order valence-electron chi connectivity index (χ3n) is 2.78. The van der Waals surface area contributed by atoms with Crippen molar-refractivity contribution in [3.05, 3.63) is 51.7 Å². The highest BCUT2D eigenvalue weighted by Crippen LogP contribution is 2.17. The first-order chi connectivity index (χ1) is 8.66. The van der Waals surface area contributed by atoms with Crippen LogP contribution in [0.5, 0.6) is 0 Å². The fourth-order valence-electron chi connectivity index (χ4n) is 1.79. The van der Waals surface area contributed by atoms with Crippen LogP contribution < -0.4 is 11.1 Å². The smallest absolute Gasteiger partial charge is 0.103 e. The molecule has 18 heavy (non-hydrogen) atoms. The number of rotatable bonds is 5. The lowest BCUT2D eigenvalue weighted by atomic mass is 10.1. The van der Waals surface area contributed by atoms with Gasteiger partial charge in [0.25, 0.3) is 0 Å². The molecule has 4 heteroatoms. The van der Waals surface area contributed by atoms with Crippen molar-refractivity contribution in [2.24, 2.45) is 5.73 Å². The lowest BCUT2D eigenvalue weighted by Gasteiger charge is -2.10. The van der Waals surface area contributed by atoms with Crippen LogP contribution in [0.1, 0.15) is 16.0 Å². The summed E-state index contributed by atoms with van der Waals surface area (Å²) in [5.74, 6) is 0. The van der Waals surface area contributed by atoms with Crippen LogP contribution >= 0.6 is 23.6 Å². The largest absolute Gasteiger partial charge is 0.389 e. The van der Waals surface area contributed by atoms with Gasteiger partial charge >= 0.3 is 0 Å². The Kier molecular flexibility index (Phi) is 4.33. The number of nitrogens with two attached hydrogens (primary N) is 1. The molecule has 3 N–H and O–H groups in total. The number of hydrogen-bond acceptors (Lipinski definition) is 3. The molecule has 0 unspecified atom stereocenters. The van der Waals surface area contributed by atoms with Gasteiger partial charge in [-0.3, -0.25) is 0 Å². The molecule has 0 aliphatic carbocycles. The number of thiophene rings is 1. The van der Waals surface area contributed by atoms with Crippen LogP contribution in [0.25, 0.3) is 0 Å². The molecule has 0 spiro atoms. The molecule has 0 aliphatic rings. The Morgan fingerprint density at radius 3 is 2.83 bits per heavy atom. The van der Waals surface area contributed by atoms with Crippen LogP contribution in [-0.4, -0.2) is 11.5 Å². The van der Waals surface area contributed by atoms with Gasteiger partial charge in [0.15, 0.2) is 0 Å². The molecule has 0 fully saturated rings. The van der Waals surface area contributed by atoms with Crippen molar-refractivity contribution >= 4 is 34.2 Å². The average Bonchev–Trinajstić information content (AvgIpc) is 2.84. The van der Waals surface area contributed by atoms with Crippen LogP contribution in [0.2, 0.25) is 0 Å². The molecule has 1 aromatic carbocycles. The Morgan fingerprint density at radius 2 is 2.22 bits per heavy atom. The minimum absolute atomic E-state index is 0.447. The molecule has 2 aromatic rings. The molecule has 94 valence electrons. The van der Waals surface area contributed by atoms with Gasteiger partial charge in [-0.15, -0.1) is 11.3 Å². The van der Waals surface area contributed by atoms with Gasteiger partial charge in [-0.2, -0.15) is 0 Å². The summed E-state index contributed by atoms with van der Waals surface area (Å²) < 4.78 is 0. The van der Waals surface area contributed by atoms with Gasteiger partial charge in [0.1, 0.15) is 4.99 Å². The number of thiocarbonyl (C=S) groups is 1. The van der Waals surface area contributed by atoms with Crippen LogP contribution in [0.3, 0.4) is 0 Å². The lowest BCUT2D eigenvalue weighted by molar-refractivity contribution is 1.04. The zero-order valence-electron chi connectivity index (χ0n) is 10.3. The zero-order chi connectivity index (χ0) is 13.0. The predicted octanol–water partition coefficient (Wildman–Crippen LogP) is 3.35. The first-order valence-corrected chi connectivity index (χ1v) is 7.12. The Hall–Kier alpha value is -1.39. The summed E-state index contributed by atoms with van der Waals surface area (Å²) in [6, 6.07) is 10.3. The molecule has 0 saturated heterocycles. The highest BCUT2D eigenvalue weighted by Gasteiger charge is 2.02. The SMILES string of the molecule is Cc1cc(C(N)=S)ccc1NCCc1cccs1. The third-order valence-corrected chi connectivity index (χ3v) is 3.95. The monoisotopic (exact) mass is 276 g/mol. The second-order valence-electron chi connectivity index (χ2n) is 4.15. The quantitative estimate of drug-likeness (QED) is 0.823. The molecule has 1 aromatic heterocycles. The van der Waals surface area contributed by atoms with E-state index in [2.05, 4.69) is 29.8 Å². The van der Waals surface area contributed by atoms with Gasteiger partial charge in [0.05, 0.1) is 0 Å². The maximum absolute atomic E-state index is 5.61. The lowest BCUT2D eigenvalue weighted by Crippen LogP contribution is -2.10. The maximum Gasteiger partial charge on any atom is 0.103 e. The second kappa shape index (κ2) is 5.98. The summed E-state index contributed by atoms with van der Waals surface area (Å²) in [6.45, 7) is 3.00. The second-order valence-corrected chi connectivity index (χ2v) is 5.62. The van der Waals surface area contributed by atoms with Gasteiger partial charge in [0, 0.05) is 22.7 Å². The number of anilines is 1. The van der Waals surface area contributed by atoms with E-state index in [0.717, 1.165) is 24.2 Å². The molecule has 1 heterocycles. The van der Waals surface area contributed by atoms with Crippen LogP contribution in [0.4, 0.5) is 5.69 Å². The fraction of sp³-hybridized carbons (Fsp3) is 0.214. The first-order valence-electron chi connectivity index (χ1n) is 5.83. The number of benzene rings is 1. The summed E-state index contributed by atoms with van der Waals surface area (Å²) in [4.78, 5) is 1.85. The molecule has 0 bridgehead atoms. The minimum Gasteiger partial charge on any atom is -0.389 e. The molecular formula is C14H16N2S2. The van der Waals surface area contributed by atoms with Gasteiger partial charge < -0.3 is 11.1 Å². The number of hydrogen-bond donors (Lipinski definition) is 2. The maximum atomic E-state index is 5.61. The first kappa shape index (κ1) is 13.1. The third kappa shape index (κ3) is 3.31. The summed E-state index contributed by atoms with van der Waals surface area (Å²) >= 11 is 6.76. The number of aryl methyl sites for hydroxylation is 1. The van der Waals surface area contributed by atoms with Gasteiger partial charge in [-0.1, -0.05) is 18.3 Å². The highest BCUT2D eigenvalue weighted by atomic mass is 32.1. The van der Waals surface area contributed by atoms with Crippen molar-refractivity contribution in [3.63, 3.8) is 0 Å². The van der Waals surface area contributed by atoms with Crippen molar-refractivity contribution in [2.45, 2.75) is 13.3 Å². The van der Waals surface area contributed by atoms with Crippen LogP contribution in [0, 0.1) is 6.92 Å². The van der Waals surface area contributed by atoms with E-state index in [-0.39, 0.29) is 0 Å². The molecule has 0 aliphatic heterocycles. The minimum atomic E-state index is 0.447. The van der Waals surface area contributed by atoms with Crippen LogP contribution in [0.15, 0.2) is 35.7 Å². The van der Waals surface area contributed by atoms with Crippen molar-refractivity contribution in [1.29, 1.82) is 0 Å². The summed E-state index contributed by atoms with van der Waals surface area (Å²) in [5, 5.41) is 5.55. The van der Waals surface area contributed by atoms with E-state index >= 15 is 0 Å². The Bertz CT molecular complexity index is 533. The molecular weight excluding hydrogens is 260 g/mol. The topological polar surface area (TPSA) is 38.0 Å². The molecule has 2 rings (SSSR count). The Balaban J connectivity index is 1.95. The fourth-order valence-corrected chi connectivity index (χ4v) is 2.63. The van der Waals surface area contributed by atoms with E-state index in [1.165, 1.54) is 10.4 Å². The van der Waals surface area contributed by atoms with Crippen molar-refractivity contribution in [3.8, 4) is 0 Å². The van der Waals surface area contributed by atoms with E-state index in [9.17, 15) is 0 Å². The normalized spacial score (nSPS) is 10.3. The van der Waals surface area contributed by atoms with E-state index in [1.807, 2.05) is 18.2 Å². The molecule has 0 amide bonds. The summed E-state index contributed by atoms with van der Waals surface area (Å²) in [7, 11) is 0. The van der Waals surface area contributed by atoms with Gasteiger partial charge in [-0.25, -0.2) is 0 Å². The van der Waals surface area contributed by atoms with E-state index in [0.29, 0.717) is 4.99 Å². The highest BCUT2D eigenvalue weighted by molar-refractivity contribution is 7.80. The zero-order valence-corrected chi connectivity index (χ0v) is 11.9. The molecule has 0 saturated carbocycles. The molecule has 0 atom stereocenters. The molecule has 2 nitrogen and oxygen atoms in total. The van der Waals surface area contributed by atoms with Crippen molar-refractivity contribution < 1.29 is 0 Å². The molecule has 0 radical (unpaired) electrons. The van der Waals surface area contributed by atoms with E-state index in [4.69, 9.17) is 18.0 Å². The van der Waals surface area contributed by atoms with Gasteiger partial charge in [-0.05, 0) is 48.6 Å². The predicted molar refractivity (Wildman–Crippen MR) is 83.6 cm³/mol. The van der Waals surface area contributed by atoms with Crippen LogP contribution in [-0.2, 0) is 6.42 Å². The van der Waals surface area contributed by atoms with Gasteiger partial charge in [0.2, 0.25) is 0 Å². The average molecular weight is 276 g/mol. The summed E-state index contributed by atoms with van der Waals surface area (Å²) in [5.41, 5.74) is 8.85. The van der Waals surface area contributed by atoms with E-state index < -0.39 is 0 Å². The summed E-state index contributed by atoms with van der Waals surface area (Å²) in [6.07, 6.45) is 1.05.